The Labute approximate surface area is 117 Å². The fraction of sp³-hybridized carbons (Fsp3) is 0.0714. The summed E-state index contributed by atoms with van der Waals surface area (Å²) in [5, 5.41) is -0.401. The van der Waals surface area contributed by atoms with Gasteiger partial charge in [0.15, 0.2) is 0 Å². The molecule has 0 saturated heterocycles. The van der Waals surface area contributed by atoms with Gasteiger partial charge in [0.25, 0.3) is 0 Å². The van der Waals surface area contributed by atoms with Crippen LogP contribution in [0.4, 0.5) is 23.2 Å². The lowest BCUT2D eigenvalue weighted by Crippen LogP contribution is -2.05. The first-order chi connectivity index (χ1) is 9.38. The van der Waals surface area contributed by atoms with Crippen LogP contribution in [0.1, 0.15) is 11.1 Å². The molecule has 0 heterocycles. The van der Waals surface area contributed by atoms with Gasteiger partial charge in [-0.05, 0) is 24.3 Å². The van der Waals surface area contributed by atoms with Gasteiger partial charge in [0.2, 0.25) is 0 Å². The Morgan fingerprint density at radius 3 is 2.40 bits per heavy atom. The highest BCUT2D eigenvalue weighted by Crippen LogP contribution is 2.36. The van der Waals surface area contributed by atoms with Gasteiger partial charge in [0.1, 0.15) is 5.82 Å². The average Bonchev–Trinajstić information content (AvgIpc) is 2.38. The Balaban J connectivity index is 2.34. The summed E-state index contributed by atoms with van der Waals surface area (Å²) in [6, 6.07) is 9.08. The average molecular weight is 302 g/mol. The summed E-state index contributed by atoms with van der Waals surface area (Å²) in [7, 11) is 0. The van der Waals surface area contributed by atoms with Gasteiger partial charge >= 0.3 is 6.18 Å². The topological polar surface area (TPSA) is 12.4 Å². The monoisotopic (exact) mass is 301 g/mol. The molecule has 6 heteroatoms. The molecule has 0 bridgehead atoms. The molecule has 1 nitrogen and oxygen atoms in total. The zero-order chi connectivity index (χ0) is 14.8. The van der Waals surface area contributed by atoms with Gasteiger partial charge in [-0.3, -0.25) is 4.99 Å². The van der Waals surface area contributed by atoms with Crippen LogP contribution in [0.25, 0.3) is 0 Å². The Bertz CT molecular complexity index is 650. The second-order valence-corrected chi connectivity index (χ2v) is 4.35. The normalized spacial score (nSPS) is 12.1. The van der Waals surface area contributed by atoms with E-state index >= 15 is 0 Å². The molecule has 0 amide bonds. The molecular weight excluding hydrogens is 294 g/mol. The molecule has 0 unspecified atom stereocenters. The highest BCUT2D eigenvalue weighted by molar-refractivity contribution is 6.31. The van der Waals surface area contributed by atoms with Crippen molar-refractivity contribution in [1.29, 1.82) is 0 Å². The second-order valence-electron chi connectivity index (χ2n) is 3.94. The van der Waals surface area contributed by atoms with E-state index in [2.05, 4.69) is 4.99 Å². The molecule has 0 spiro atoms. The van der Waals surface area contributed by atoms with Crippen LogP contribution < -0.4 is 0 Å². The van der Waals surface area contributed by atoms with E-state index in [1.165, 1.54) is 30.5 Å². The number of halogens is 5. The van der Waals surface area contributed by atoms with Crippen molar-refractivity contribution >= 4 is 23.5 Å². The van der Waals surface area contributed by atoms with Gasteiger partial charge in [0, 0.05) is 11.8 Å². The van der Waals surface area contributed by atoms with E-state index in [1.807, 2.05) is 0 Å². The third-order valence-corrected chi connectivity index (χ3v) is 2.84. The molecule has 104 valence electrons. The number of rotatable bonds is 2. The van der Waals surface area contributed by atoms with Crippen molar-refractivity contribution in [1.82, 2.24) is 0 Å². The minimum absolute atomic E-state index is 0.0463. The molecule has 0 radical (unpaired) electrons. The summed E-state index contributed by atoms with van der Waals surface area (Å²) >= 11 is 5.49. The maximum atomic E-state index is 13.3. The third kappa shape index (κ3) is 3.36. The molecule has 0 aromatic heterocycles. The number of aliphatic imine (C=N–C) groups is 1. The van der Waals surface area contributed by atoms with Crippen LogP contribution >= 0.6 is 11.6 Å². The minimum Gasteiger partial charge on any atom is -0.256 e. The lowest BCUT2D eigenvalue weighted by molar-refractivity contribution is -0.137. The largest absolute Gasteiger partial charge is 0.417 e. The summed E-state index contributed by atoms with van der Waals surface area (Å²) in [6.07, 6.45) is -3.39. The van der Waals surface area contributed by atoms with Gasteiger partial charge in [0.05, 0.1) is 16.3 Å². The van der Waals surface area contributed by atoms with Crippen LogP contribution in [-0.4, -0.2) is 6.21 Å². The second kappa shape index (κ2) is 5.63. The molecule has 0 aliphatic carbocycles. The van der Waals surface area contributed by atoms with E-state index in [0.717, 1.165) is 12.1 Å². The molecule has 0 atom stereocenters. The first-order valence-electron chi connectivity index (χ1n) is 5.53. The summed E-state index contributed by atoms with van der Waals surface area (Å²) < 4.78 is 51.3. The Morgan fingerprint density at radius 1 is 1.05 bits per heavy atom. The van der Waals surface area contributed by atoms with Gasteiger partial charge < -0.3 is 0 Å². The molecule has 20 heavy (non-hydrogen) atoms. The zero-order valence-electron chi connectivity index (χ0n) is 9.96. The van der Waals surface area contributed by atoms with E-state index in [9.17, 15) is 17.6 Å². The molecule has 2 rings (SSSR count). The standard InChI is InChI=1S/C14H8ClF4N/c15-12-6-5-10(7-11(12)14(17,18)19)20-8-9-3-1-2-4-13(9)16/h1-8H. The molecular formula is C14H8ClF4N. The fourth-order valence-corrected chi connectivity index (χ4v) is 1.76. The van der Waals surface area contributed by atoms with Gasteiger partial charge in [-0.1, -0.05) is 29.8 Å². The number of alkyl halides is 3. The maximum absolute atomic E-state index is 13.3. The zero-order valence-corrected chi connectivity index (χ0v) is 10.7. The molecule has 0 aliphatic rings. The number of benzene rings is 2. The first-order valence-corrected chi connectivity index (χ1v) is 5.91. The van der Waals surface area contributed by atoms with E-state index in [4.69, 9.17) is 11.6 Å². The molecule has 0 N–H and O–H groups in total. The van der Waals surface area contributed by atoms with Crippen molar-refractivity contribution < 1.29 is 17.6 Å². The Hall–Kier alpha value is -1.88. The Morgan fingerprint density at radius 2 is 1.75 bits per heavy atom. The Kier molecular flexibility index (Phi) is 4.09. The van der Waals surface area contributed by atoms with Gasteiger partial charge in [-0.25, -0.2) is 4.39 Å². The van der Waals surface area contributed by atoms with E-state index in [0.29, 0.717) is 0 Å². The fourth-order valence-electron chi connectivity index (χ4n) is 1.53. The number of nitrogens with zero attached hydrogens (tertiary/aromatic N) is 1. The van der Waals surface area contributed by atoms with E-state index < -0.39 is 22.6 Å². The van der Waals surface area contributed by atoms with Crippen LogP contribution in [0.5, 0.6) is 0 Å². The summed E-state index contributed by atoms with van der Waals surface area (Å²) in [4.78, 5) is 3.83. The third-order valence-electron chi connectivity index (χ3n) is 2.51. The predicted octanol–water partition coefficient (Wildman–Crippen LogP) is 5.25. The van der Waals surface area contributed by atoms with E-state index in [1.54, 1.807) is 6.07 Å². The van der Waals surface area contributed by atoms with Crippen LogP contribution in [-0.2, 0) is 6.18 Å². The highest BCUT2D eigenvalue weighted by atomic mass is 35.5. The number of hydrogen-bond acceptors (Lipinski definition) is 1. The first kappa shape index (κ1) is 14.5. The lowest BCUT2D eigenvalue weighted by atomic mass is 10.2. The predicted molar refractivity (Wildman–Crippen MR) is 70.1 cm³/mol. The van der Waals surface area contributed by atoms with Crippen LogP contribution in [0, 0.1) is 5.82 Å². The highest BCUT2D eigenvalue weighted by Gasteiger charge is 2.33. The van der Waals surface area contributed by atoms with Crippen LogP contribution in [0.3, 0.4) is 0 Å². The molecule has 0 fully saturated rings. The van der Waals surface area contributed by atoms with Crippen molar-refractivity contribution in [2.24, 2.45) is 4.99 Å². The quantitative estimate of drug-likeness (QED) is 0.531. The molecule has 0 saturated carbocycles. The van der Waals surface area contributed by atoms with Crippen molar-refractivity contribution in [3.05, 3.63) is 64.4 Å². The van der Waals surface area contributed by atoms with Crippen LogP contribution in [0.2, 0.25) is 5.02 Å². The van der Waals surface area contributed by atoms with E-state index in [-0.39, 0.29) is 11.3 Å². The van der Waals surface area contributed by atoms with Gasteiger partial charge in [-0.2, -0.15) is 13.2 Å². The summed E-state index contributed by atoms with van der Waals surface area (Å²) in [6.45, 7) is 0. The summed E-state index contributed by atoms with van der Waals surface area (Å²) in [5.74, 6) is -0.499. The van der Waals surface area contributed by atoms with Crippen molar-refractivity contribution in [3.8, 4) is 0 Å². The smallest absolute Gasteiger partial charge is 0.256 e. The summed E-state index contributed by atoms with van der Waals surface area (Å²) in [5.41, 5.74) is -0.733. The molecule has 2 aromatic carbocycles. The minimum atomic E-state index is -4.55. The van der Waals surface area contributed by atoms with Crippen molar-refractivity contribution in [3.63, 3.8) is 0 Å². The van der Waals surface area contributed by atoms with Crippen molar-refractivity contribution in [2.45, 2.75) is 6.18 Å². The maximum Gasteiger partial charge on any atom is 0.417 e. The SMILES string of the molecule is Fc1ccccc1C=Nc1ccc(Cl)c(C(F)(F)F)c1. The van der Waals surface area contributed by atoms with Crippen LogP contribution in [0.15, 0.2) is 47.5 Å². The molecule has 2 aromatic rings. The molecule has 0 aliphatic heterocycles. The van der Waals surface area contributed by atoms with Crippen molar-refractivity contribution in [2.75, 3.05) is 0 Å². The number of hydrogen-bond donors (Lipinski definition) is 0. The lowest BCUT2D eigenvalue weighted by Gasteiger charge is -2.09. The van der Waals surface area contributed by atoms with Gasteiger partial charge in [-0.15, -0.1) is 0 Å².